The first-order valence-electron chi connectivity index (χ1n) is 5.99. The van der Waals surface area contributed by atoms with Gasteiger partial charge in [0, 0.05) is 0 Å². The van der Waals surface area contributed by atoms with Crippen LogP contribution in [0.3, 0.4) is 0 Å². The second-order valence-corrected chi connectivity index (χ2v) is 4.41. The summed E-state index contributed by atoms with van der Waals surface area (Å²) in [6.07, 6.45) is 4.53. The Morgan fingerprint density at radius 2 is 2.12 bits per heavy atom. The topological polar surface area (TPSA) is 9.23 Å². The fraction of sp³-hybridized carbons (Fsp3) is 0.571. The van der Waals surface area contributed by atoms with Crippen molar-refractivity contribution in [3.05, 3.63) is 29.6 Å². The number of methoxy groups -OCH3 is 1. The molecule has 0 heterocycles. The fourth-order valence-electron chi connectivity index (χ4n) is 1.94. The Kier molecular flexibility index (Phi) is 5.30. The fourth-order valence-corrected chi connectivity index (χ4v) is 1.94. The highest BCUT2D eigenvalue weighted by atomic mass is 19.1. The molecular formula is C14H21FO. The Balaban J connectivity index is 2.67. The quantitative estimate of drug-likeness (QED) is 0.703. The molecule has 1 aromatic rings. The summed E-state index contributed by atoms with van der Waals surface area (Å²) in [5.74, 6) is 1.19. The zero-order valence-corrected chi connectivity index (χ0v) is 10.4. The van der Waals surface area contributed by atoms with Crippen LogP contribution < -0.4 is 4.74 Å². The number of rotatable bonds is 6. The molecule has 0 fully saturated rings. The van der Waals surface area contributed by atoms with Crippen molar-refractivity contribution in [1.29, 1.82) is 0 Å². The second kappa shape index (κ2) is 6.51. The van der Waals surface area contributed by atoms with Crippen LogP contribution in [0, 0.1) is 11.7 Å². The molecule has 0 amide bonds. The summed E-state index contributed by atoms with van der Waals surface area (Å²) in [5.41, 5.74) is 0.978. The van der Waals surface area contributed by atoms with E-state index in [4.69, 9.17) is 4.74 Å². The van der Waals surface area contributed by atoms with Crippen LogP contribution in [0.1, 0.15) is 38.7 Å². The highest BCUT2D eigenvalue weighted by Gasteiger charge is 2.09. The number of hydrogen-bond acceptors (Lipinski definition) is 1. The van der Waals surface area contributed by atoms with Gasteiger partial charge in [0.05, 0.1) is 7.11 Å². The molecule has 1 unspecified atom stereocenters. The van der Waals surface area contributed by atoms with Crippen LogP contribution in [0.5, 0.6) is 5.75 Å². The molecule has 0 aliphatic rings. The van der Waals surface area contributed by atoms with Crippen molar-refractivity contribution in [2.75, 3.05) is 7.11 Å². The minimum atomic E-state index is -0.182. The predicted octanol–water partition coefficient (Wildman–Crippen LogP) is 4.20. The number of hydrogen-bond donors (Lipinski definition) is 0. The summed E-state index contributed by atoms with van der Waals surface area (Å²) >= 11 is 0. The lowest BCUT2D eigenvalue weighted by molar-refractivity contribution is 0.401. The molecule has 1 rings (SSSR count). The molecule has 1 atom stereocenters. The van der Waals surface area contributed by atoms with E-state index in [1.807, 2.05) is 0 Å². The molecule has 0 bridgehead atoms. The minimum Gasteiger partial charge on any atom is -0.496 e. The van der Waals surface area contributed by atoms with E-state index in [9.17, 15) is 4.39 Å². The Morgan fingerprint density at radius 1 is 1.38 bits per heavy atom. The molecule has 0 saturated carbocycles. The summed E-state index contributed by atoms with van der Waals surface area (Å²) in [5, 5.41) is 0. The monoisotopic (exact) mass is 224 g/mol. The van der Waals surface area contributed by atoms with E-state index in [0.29, 0.717) is 5.92 Å². The van der Waals surface area contributed by atoms with Gasteiger partial charge in [0.15, 0.2) is 0 Å². The van der Waals surface area contributed by atoms with Gasteiger partial charge in [-0.3, -0.25) is 0 Å². The molecule has 0 spiro atoms. The predicted molar refractivity (Wildman–Crippen MR) is 65.3 cm³/mol. The van der Waals surface area contributed by atoms with Crippen molar-refractivity contribution in [3.63, 3.8) is 0 Å². The van der Waals surface area contributed by atoms with Crippen molar-refractivity contribution in [2.24, 2.45) is 5.92 Å². The summed E-state index contributed by atoms with van der Waals surface area (Å²) < 4.78 is 18.4. The number of ether oxygens (including phenoxy) is 1. The first kappa shape index (κ1) is 13.0. The third-order valence-electron chi connectivity index (χ3n) is 2.86. The number of halogens is 1. The Labute approximate surface area is 97.6 Å². The van der Waals surface area contributed by atoms with Crippen LogP contribution in [-0.2, 0) is 6.42 Å². The van der Waals surface area contributed by atoms with Gasteiger partial charge in [-0.1, -0.05) is 33.1 Å². The van der Waals surface area contributed by atoms with E-state index in [1.54, 1.807) is 19.2 Å². The lowest BCUT2D eigenvalue weighted by Crippen LogP contribution is -2.02. The molecule has 1 aromatic carbocycles. The van der Waals surface area contributed by atoms with Crippen molar-refractivity contribution in [2.45, 2.75) is 39.5 Å². The van der Waals surface area contributed by atoms with Crippen LogP contribution >= 0.6 is 0 Å². The van der Waals surface area contributed by atoms with Gasteiger partial charge in [-0.15, -0.1) is 0 Å². The smallest absolute Gasteiger partial charge is 0.123 e. The van der Waals surface area contributed by atoms with E-state index in [2.05, 4.69) is 13.8 Å². The molecule has 1 nitrogen and oxygen atoms in total. The molecule has 0 radical (unpaired) electrons. The van der Waals surface area contributed by atoms with Crippen molar-refractivity contribution in [1.82, 2.24) is 0 Å². The lowest BCUT2D eigenvalue weighted by atomic mass is 9.95. The van der Waals surface area contributed by atoms with Gasteiger partial charge in [0.1, 0.15) is 11.6 Å². The van der Waals surface area contributed by atoms with Crippen molar-refractivity contribution >= 4 is 0 Å². The van der Waals surface area contributed by atoms with E-state index in [1.165, 1.54) is 25.3 Å². The molecule has 2 heteroatoms. The lowest BCUT2D eigenvalue weighted by Gasteiger charge is -2.13. The van der Waals surface area contributed by atoms with E-state index < -0.39 is 0 Å². The van der Waals surface area contributed by atoms with Gasteiger partial charge in [0.2, 0.25) is 0 Å². The van der Waals surface area contributed by atoms with E-state index >= 15 is 0 Å². The zero-order chi connectivity index (χ0) is 12.0. The highest BCUT2D eigenvalue weighted by molar-refractivity contribution is 5.34. The summed E-state index contributed by atoms with van der Waals surface area (Å²) in [7, 11) is 1.63. The maximum atomic E-state index is 13.1. The summed E-state index contributed by atoms with van der Waals surface area (Å²) in [6.45, 7) is 4.40. The third-order valence-corrected chi connectivity index (χ3v) is 2.86. The molecule has 0 aliphatic carbocycles. The van der Waals surface area contributed by atoms with Crippen molar-refractivity contribution in [3.8, 4) is 5.75 Å². The molecule has 16 heavy (non-hydrogen) atoms. The van der Waals surface area contributed by atoms with Gasteiger partial charge < -0.3 is 4.74 Å². The van der Waals surface area contributed by atoms with Crippen LogP contribution in [0.25, 0.3) is 0 Å². The normalized spacial score (nSPS) is 12.5. The van der Waals surface area contributed by atoms with Crippen LogP contribution in [0.2, 0.25) is 0 Å². The van der Waals surface area contributed by atoms with E-state index in [-0.39, 0.29) is 5.82 Å². The molecule has 90 valence electrons. The van der Waals surface area contributed by atoms with Crippen molar-refractivity contribution < 1.29 is 9.13 Å². The first-order chi connectivity index (χ1) is 7.67. The highest BCUT2D eigenvalue weighted by Crippen LogP contribution is 2.24. The third kappa shape index (κ3) is 3.84. The van der Waals surface area contributed by atoms with Crippen LogP contribution in [-0.4, -0.2) is 7.11 Å². The van der Waals surface area contributed by atoms with Gasteiger partial charge in [-0.2, -0.15) is 0 Å². The summed E-state index contributed by atoms with van der Waals surface area (Å²) in [6, 6.07) is 4.73. The number of unbranched alkanes of at least 4 members (excludes halogenated alkanes) is 1. The average molecular weight is 224 g/mol. The molecule has 0 saturated heterocycles. The van der Waals surface area contributed by atoms with E-state index in [0.717, 1.165) is 17.7 Å². The molecule has 0 aromatic heterocycles. The molecular weight excluding hydrogens is 203 g/mol. The second-order valence-electron chi connectivity index (χ2n) is 4.41. The van der Waals surface area contributed by atoms with Gasteiger partial charge in [-0.05, 0) is 36.1 Å². The largest absolute Gasteiger partial charge is 0.496 e. The van der Waals surface area contributed by atoms with Gasteiger partial charge in [-0.25, -0.2) is 4.39 Å². The van der Waals surface area contributed by atoms with Crippen LogP contribution in [0.4, 0.5) is 4.39 Å². The molecule has 0 aliphatic heterocycles. The average Bonchev–Trinajstić information content (AvgIpc) is 2.27. The summed E-state index contributed by atoms with van der Waals surface area (Å²) in [4.78, 5) is 0. The van der Waals surface area contributed by atoms with Gasteiger partial charge in [0.25, 0.3) is 0 Å². The molecule has 0 N–H and O–H groups in total. The minimum absolute atomic E-state index is 0.182. The maximum Gasteiger partial charge on any atom is 0.123 e. The first-order valence-corrected chi connectivity index (χ1v) is 5.99. The Bertz CT molecular complexity index is 323. The Morgan fingerprint density at radius 3 is 2.75 bits per heavy atom. The standard InChI is InChI=1S/C14H21FO/c1-4-5-6-11(2)9-12-10-13(15)7-8-14(12)16-3/h7-8,10-11H,4-6,9H2,1-3H3. The van der Waals surface area contributed by atoms with Crippen LogP contribution in [0.15, 0.2) is 18.2 Å². The number of benzene rings is 1. The Hall–Kier alpha value is -1.05. The maximum absolute atomic E-state index is 13.1. The SMILES string of the molecule is CCCCC(C)Cc1cc(F)ccc1OC. The zero-order valence-electron chi connectivity index (χ0n) is 10.4. The van der Waals surface area contributed by atoms with Gasteiger partial charge >= 0.3 is 0 Å².